The zero-order chi connectivity index (χ0) is 13.1. The van der Waals surface area contributed by atoms with Gasteiger partial charge in [0.1, 0.15) is 0 Å². The lowest BCUT2D eigenvalue weighted by Crippen LogP contribution is -2.02. The van der Waals surface area contributed by atoms with E-state index in [1.807, 2.05) is 29.9 Å². The van der Waals surface area contributed by atoms with Crippen molar-refractivity contribution in [3.05, 3.63) is 44.2 Å². The lowest BCUT2D eigenvalue weighted by molar-refractivity contribution is 0.746. The standard InChI is InChI=1S/C13H15ClIN3/c1-3-12-9(8-18(2)17-12)7-16-13-5-4-10(14)6-11(13)15/h4-6,8,16H,3,7H2,1-2H3. The van der Waals surface area contributed by atoms with E-state index in [1.165, 1.54) is 5.56 Å². The largest absolute Gasteiger partial charge is 0.380 e. The van der Waals surface area contributed by atoms with Crippen LogP contribution in [-0.4, -0.2) is 9.78 Å². The van der Waals surface area contributed by atoms with Crippen LogP contribution in [0, 0.1) is 3.57 Å². The first-order chi connectivity index (χ1) is 8.60. The number of aryl methyl sites for hydroxylation is 2. The summed E-state index contributed by atoms with van der Waals surface area (Å²) in [6.45, 7) is 2.91. The first-order valence-electron chi connectivity index (χ1n) is 5.80. The van der Waals surface area contributed by atoms with E-state index in [9.17, 15) is 0 Å². The molecule has 0 saturated heterocycles. The average molecular weight is 376 g/mol. The zero-order valence-electron chi connectivity index (χ0n) is 10.4. The topological polar surface area (TPSA) is 29.9 Å². The van der Waals surface area contributed by atoms with Crippen LogP contribution in [0.4, 0.5) is 5.69 Å². The Bertz CT molecular complexity index is 551. The van der Waals surface area contributed by atoms with Crippen molar-refractivity contribution in [2.45, 2.75) is 19.9 Å². The second-order valence-corrected chi connectivity index (χ2v) is 5.70. The van der Waals surface area contributed by atoms with E-state index in [1.54, 1.807) is 0 Å². The summed E-state index contributed by atoms with van der Waals surface area (Å²) in [5.41, 5.74) is 3.49. The molecule has 0 radical (unpaired) electrons. The highest BCUT2D eigenvalue weighted by molar-refractivity contribution is 14.1. The Kier molecular flexibility index (Phi) is 4.50. The third-order valence-electron chi connectivity index (χ3n) is 2.73. The van der Waals surface area contributed by atoms with Crippen LogP contribution in [0.15, 0.2) is 24.4 Å². The molecule has 1 aromatic carbocycles. The molecule has 0 aliphatic heterocycles. The van der Waals surface area contributed by atoms with Gasteiger partial charge in [0.25, 0.3) is 0 Å². The molecule has 0 aliphatic carbocycles. The molecule has 1 heterocycles. The summed E-state index contributed by atoms with van der Waals surface area (Å²) in [5, 5.41) is 8.62. The number of halogens is 2. The summed E-state index contributed by atoms with van der Waals surface area (Å²) in [5.74, 6) is 0. The molecule has 0 bridgehead atoms. The molecule has 0 aliphatic rings. The van der Waals surface area contributed by atoms with Crippen molar-refractivity contribution < 1.29 is 0 Å². The fraction of sp³-hybridized carbons (Fsp3) is 0.308. The summed E-state index contributed by atoms with van der Waals surface area (Å²) in [4.78, 5) is 0. The van der Waals surface area contributed by atoms with Gasteiger partial charge in [0.15, 0.2) is 0 Å². The summed E-state index contributed by atoms with van der Waals surface area (Å²) < 4.78 is 2.99. The molecule has 0 saturated carbocycles. The van der Waals surface area contributed by atoms with Gasteiger partial charge >= 0.3 is 0 Å². The predicted molar refractivity (Wildman–Crippen MR) is 84.1 cm³/mol. The molecule has 0 spiro atoms. The Hall–Kier alpha value is -0.750. The molecule has 96 valence electrons. The van der Waals surface area contributed by atoms with Crippen LogP contribution in [0.5, 0.6) is 0 Å². The second kappa shape index (κ2) is 5.93. The van der Waals surface area contributed by atoms with Crippen molar-refractivity contribution >= 4 is 39.9 Å². The van der Waals surface area contributed by atoms with Gasteiger partial charge < -0.3 is 5.32 Å². The van der Waals surface area contributed by atoms with E-state index in [-0.39, 0.29) is 0 Å². The van der Waals surface area contributed by atoms with Gasteiger partial charge in [-0.15, -0.1) is 0 Å². The molecule has 0 atom stereocenters. The number of benzene rings is 1. The van der Waals surface area contributed by atoms with E-state index >= 15 is 0 Å². The maximum Gasteiger partial charge on any atom is 0.0671 e. The molecular weight excluding hydrogens is 361 g/mol. The summed E-state index contributed by atoms with van der Waals surface area (Å²) in [6.07, 6.45) is 3.02. The van der Waals surface area contributed by atoms with Gasteiger partial charge in [-0.3, -0.25) is 4.68 Å². The summed E-state index contributed by atoms with van der Waals surface area (Å²) in [7, 11) is 1.95. The van der Waals surface area contributed by atoms with Gasteiger partial charge in [-0.2, -0.15) is 5.10 Å². The third-order valence-corrected chi connectivity index (χ3v) is 3.85. The molecular formula is C13H15ClIN3. The molecule has 0 amide bonds. The fourth-order valence-corrected chi connectivity index (χ4v) is 2.91. The van der Waals surface area contributed by atoms with E-state index in [0.717, 1.165) is 32.9 Å². The van der Waals surface area contributed by atoms with Crippen LogP contribution in [0.3, 0.4) is 0 Å². The Morgan fingerprint density at radius 1 is 1.44 bits per heavy atom. The van der Waals surface area contributed by atoms with Crippen LogP contribution in [0.1, 0.15) is 18.2 Å². The van der Waals surface area contributed by atoms with Gasteiger partial charge in [-0.05, 0) is 47.2 Å². The Morgan fingerprint density at radius 2 is 2.22 bits per heavy atom. The first kappa shape index (κ1) is 13.7. The van der Waals surface area contributed by atoms with Crippen LogP contribution in [0.2, 0.25) is 5.02 Å². The number of aromatic nitrogens is 2. The fourth-order valence-electron chi connectivity index (χ4n) is 1.85. The molecule has 2 rings (SSSR count). The number of anilines is 1. The van der Waals surface area contributed by atoms with Crippen LogP contribution >= 0.6 is 34.2 Å². The molecule has 0 unspecified atom stereocenters. The smallest absolute Gasteiger partial charge is 0.0671 e. The lowest BCUT2D eigenvalue weighted by Gasteiger charge is -2.08. The third kappa shape index (κ3) is 3.17. The van der Waals surface area contributed by atoms with Crippen molar-refractivity contribution in [3.63, 3.8) is 0 Å². The van der Waals surface area contributed by atoms with Crippen molar-refractivity contribution in [3.8, 4) is 0 Å². The lowest BCUT2D eigenvalue weighted by atomic mass is 10.2. The monoisotopic (exact) mass is 375 g/mol. The van der Waals surface area contributed by atoms with E-state index in [0.29, 0.717) is 0 Å². The van der Waals surface area contributed by atoms with Crippen molar-refractivity contribution in [1.29, 1.82) is 0 Å². The molecule has 2 aromatic rings. The highest BCUT2D eigenvalue weighted by atomic mass is 127. The molecule has 5 heteroatoms. The normalized spacial score (nSPS) is 10.7. The van der Waals surface area contributed by atoms with Gasteiger partial charge in [-0.1, -0.05) is 18.5 Å². The summed E-state index contributed by atoms with van der Waals surface area (Å²) >= 11 is 8.22. The Morgan fingerprint density at radius 3 is 2.89 bits per heavy atom. The maximum atomic E-state index is 5.94. The highest BCUT2D eigenvalue weighted by Crippen LogP contribution is 2.23. The minimum absolute atomic E-state index is 0.764. The average Bonchev–Trinajstić information content (AvgIpc) is 2.68. The minimum atomic E-state index is 0.764. The van der Waals surface area contributed by atoms with E-state index in [2.05, 4.69) is 46.1 Å². The van der Waals surface area contributed by atoms with E-state index < -0.39 is 0 Å². The zero-order valence-corrected chi connectivity index (χ0v) is 13.3. The van der Waals surface area contributed by atoms with Gasteiger partial charge in [0, 0.05) is 39.6 Å². The van der Waals surface area contributed by atoms with Crippen LogP contribution in [-0.2, 0) is 20.0 Å². The number of nitrogens with zero attached hydrogens (tertiary/aromatic N) is 2. The van der Waals surface area contributed by atoms with Crippen LogP contribution < -0.4 is 5.32 Å². The number of rotatable bonds is 4. The van der Waals surface area contributed by atoms with Crippen molar-refractivity contribution in [1.82, 2.24) is 9.78 Å². The number of nitrogens with one attached hydrogen (secondary N) is 1. The van der Waals surface area contributed by atoms with Gasteiger partial charge in [-0.25, -0.2) is 0 Å². The second-order valence-electron chi connectivity index (χ2n) is 4.11. The number of hydrogen-bond donors (Lipinski definition) is 1. The van der Waals surface area contributed by atoms with E-state index in [4.69, 9.17) is 11.6 Å². The van der Waals surface area contributed by atoms with Crippen LogP contribution in [0.25, 0.3) is 0 Å². The molecule has 1 N–H and O–H groups in total. The predicted octanol–water partition coefficient (Wildman–Crippen LogP) is 3.85. The molecule has 3 nitrogen and oxygen atoms in total. The quantitative estimate of drug-likeness (QED) is 0.823. The first-order valence-corrected chi connectivity index (χ1v) is 7.26. The molecule has 1 aromatic heterocycles. The molecule has 18 heavy (non-hydrogen) atoms. The van der Waals surface area contributed by atoms with Gasteiger partial charge in [0.05, 0.1) is 5.69 Å². The Labute approximate surface area is 126 Å². The van der Waals surface area contributed by atoms with Crippen molar-refractivity contribution in [2.75, 3.05) is 5.32 Å². The highest BCUT2D eigenvalue weighted by Gasteiger charge is 2.06. The molecule has 0 fully saturated rings. The van der Waals surface area contributed by atoms with Crippen molar-refractivity contribution in [2.24, 2.45) is 7.05 Å². The SMILES string of the molecule is CCc1nn(C)cc1CNc1ccc(Cl)cc1I. The Balaban J connectivity index is 2.11. The summed E-state index contributed by atoms with van der Waals surface area (Å²) in [6, 6.07) is 5.86. The van der Waals surface area contributed by atoms with Gasteiger partial charge in [0.2, 0.25) is 0 Å². The minimum Gasteiger partial charge on any atom is -0.380 e. The maximum absolute atomic E-state index is 5.94. The number of hydrogen-bond acceptors (Lipinski definition) is 2.